The van der Waals surface area contributed by atoms with E-state index in [4.69, 9.17) is 0 Å². The number of carbonyl (C=O) groups is 4. The van der Waals surface area contributed by atoms with Gasteiger partial charge in [-0.05, 0) is 31.6 Å². The summed E-state index contributed by atoms with van der Waals surface area (Å²) in [6.07, 6.45) is 3.70. The van der Waals surface area contributed by atoms with Crippen LogP contribution in [0.2, 0.25) is 0 Å². The van der Waals surface area contributed by atoms with Gasteiger partial charge in [0.2, 0.25) is 5.91 Å². The Morgan fingerprint density at radius 1 is 1.29 bits per heavy atom. The summed E-state index contributed by atoms with van der Waals surface area (Å²) in [5, 5.41) is 0. The molecule has 1 amide bonds. The number of Topliss-reactive ketones (excluding diaryl/α,β-unsaturated/α-hetero) is 2. The van der Waals surface area contributed by atoms with Gasteiger partial charge >= 0.3 is 0 Å². The van der Waals surface area contributed by atoms with Gasteiger partial charge in [-0.3, -0.25) is 14.4 Å². The van der Waals surface area contributed by atoms with Crippen molar-refractivity contribution < 1.29 is 19.2 Å². The first kappa shape index (κ1) is 16.0. The van der Waals surface area contributed by atoms with Gasteiger partial charge in [0.05, 0.1) is 5.41 Å². The largest absolute Gasteiger partial charge is 0.339 e. The van der Waals surface area contributed by atoms with Crippen LogP contribution < -0.4 is 0 Å². The van der Waals surface area contributed by atoms with E-state index >= 15 is 0 Å². The molecule has 2 aliphatic carbocycles. The number of aldehydes is 1. The minimum atomic E-state index is -1.14. The normalized spacial score (nSPS) is 46.9. The van der Waals surface area contributed by atoms with Crippen LogP contribution in [0.3, 0.4) is 0 Å². The summed E-state index contributed by atoms with van der Waals surface area (Å²) in [6.45, 7) is 4.64. The van der Waals surface area contributed by atoms with E-state index in [9.17, 15) is 19.2 Å². The zero-order valence-electron chi connectivity index (χ0n) is 14.4. The van der Waals surface area contributed by atoms with Crippen molar-refractivity contribution >= 4 is 23.8 Å². The van der Waals surface area contributed by atoms with Crippen LogP contribution in [0, 0.1) is 28.6 Å². The van der Waals surface area contributed by atoms with Gasteiger partial charge in [-0.15, -0.1) is 0 Å². The molecule has 2 unspecified atom stereocenters. The average molecular weight is 331 g/mol. The molecule has 5 nitrogen and oxygen atoms in total. The number of carbonyl (C=O) groups excluding carboxylic acids is 4. The number of nitrogens with zero attached hydrogens (tertiary/aromatic N) is 1. The summed E-state index contributed by atoms with van der Waals surface area (Å²) >= 11 is 0. The van der Waals surface area contributed by atoms with Crippen LogP contribution in [0.25, 0.3) is 0 Å². The molecular formula is C19H25NO4. The second-order valence-electron chi connectivity index (χ2n) is 8.45. The third kappa shape index (κ3) is 1.56. The number of ketones is 2. The van der Waals surface area contributed by atoms with E-state index in [1.165, 1.54) is 0 Å². The Morgan fingerprint density at radius 3 is 2.75 bits per heavy atom. The first-order chi connectivity index (χ1) is 11.4. The zero-order valence-corrected chi connectivity index (χ0v) is 14.4. The van der Waals surface area contributed by atoms with Crippen molar-refractivity contribution in [3.8, 4) is 0 Å². The molecule has 0 aromatic carbocycles. The highest BCUT2D eigenvalue weighted by molar-refractivity contribution is 6.11. The Hall–Kier alpha value is -1.52. The maximum atomic E-state index is 13.6. The van der Waals surface area contributed by atoms with E-state index in [-0.39, 0.29) is 54.1 Å². The van der Waals surface area contributed by atoms with Gasteiger partial charge in [0, 0.05) is 42.7 Å². The fraction of sp³-hybridized carbons (Fsp3) is 0.789. The Labute approximate surface area is 142 Å². The molecule has 24 heavy (non-hydrogen) atoms. The van der Waals surface area contributed by atoms with Crippen molar-refractivity contribution in [2.24, 2.45) is 28.6 Å². The van der Waals surface area contributed by atoms with Crippen molar-refractivity contribution in [3.05, 3.63) is 0 Å². The summed E-state index contributed by atoms with van der Waals surface area (Å²) in [5.41, 5.74) is -1.78. The molecule has 0 aromatic heterocycles. The predicted octanol–water partition coefficient (Wildman–Crippen LogP) is 1.78. The van der Waals surface area contributed by atoms with Crippen molar-refractivity contribution in [2.45, 2.75) is 58.4 Å². The molecule has 2 saturated carbocycles. The molecule has 130 valence electrons. The fourth-order valence-electron chi connectivity index (χ4n) is 6.54. The van der Waals surface area contributed by atoms with Crippen molar-refractivity contribution in [3.63, 3.8) is 0 Å². The summed E-state index contributed by atoms with van der Waals surface area (Å²) < 4.78 is 0. The van der Waals surface area contributed by atoms with Crippen LogP contribution in [-0.4, -0.2) is 41.2 Å². The van der Waals surface area contributed by atoms with E-state index in [0.29, 0.717) is 32.2 Å². The van der Waals surface area contributed by atoms with Crippen molar-refractivity contribution in [1.82, 2.24) is 4.90 Å². The zero-order chi connectivity index (χ0) is 17.3. The number of fused-ring (bicyclic) bond motifs is 1. The molecule has 2 heterocycles. The number of hydrogen-bond donors (Lipinski definition) is 0. The van der Waals surface area contributed by atoms with Gasteiger partial charge in [-0.2, -0.15) is 0 Å². The van der Waals surface area contributed by atoms with Gasteiger partial charge < -0.3 is 9.69 Å². The lowest BCUT2D eigenvalue weighted by molar-refractivity contribution is -0.171. The van der Waals surface area contributed by atoms with Gasteiger partial charge in [-0.1, -0.05) is 13.8 Å². The molecule has 4 aliphatic rings. The van der Waals surface area contributed by atoms with Crippen LogP contribution in [0.4, 0.5) is 0 Å². The molecule has 0 aromatic rings. The maximum absolute atomic E-state index is 13.6. The van der Waals surface area contributed by atoms with E-state index in [2.05, 4.69) is 0 Å². The number of hydrogen-bond acceptors (Lipinski definition) is 4. The topological polar surface area (TPSA) is 71.5 Å². The molecule has 0 N–H and O–H groups in total. The molecule has 4 fully saturated rings. The Kier molecular flexibility index (Phi) is 3.32. The lowest BCUT2D eigenvalue weighted by atomic mass is 9.45. The monoisotopic (exact) mass is 331 g/mol. The molecule has 2 saturated heterocycles. The predicted molar refractivity (Wildman–Crippen MR) is 86.0 cm³/mol. The molecule has 2 bridgehead atoms. The summed E-state index contributed by atoms with van der Waals surface area (Å²) in [6, 6.07) is -0.0254. The van der Waals surface area contributed by atoms with E-state index in [0.717, 1.165) is 6.29 Å². The first-order valence-electron chi connectivity index (χ1n) is 9.21. The minimum absolute atomic E-state index is 0.0159. The molecule has 2 aliphatic heterocycles. The SMILES string of the molecule is C[C@@H]1CN2C(=O)[C@H]3CCCC(=O)[C@@]4(CCC=O)C(=O)C1CC2[C@@]34C. The smallest absolute Gasteiger partial charge is 0.226 e. The number of amides is 1. The quantitative estimate of drug-likeness (QED) is 0.584. The molecule has 0 radical (unpaired) electrons. The van der Waals surface area contributed by atoms with Crippen LogP contribution >= 0.6 is 0 Å². The summed E-state index contributed by atoms with van der Waals surface area (Å²) in [7, 11) is 0. The second kappa shape index (κ2) is 4.99. The van der Waals surface area contributed by atoms with Crippen LogP contribution in [0.15, 0.2) is 0 Å². The van der Waals surface area contributed by atoms with Gasteiger partial charge in [0.1, 0.15) is 12.1 Å². The lowest BCUT2D eigenvalue weighted by Gasteiger charge is -2.58. The van der Waals surface area contributed by atoms with Gasteiger partial charge in [-0.25, -0.2) is 0 Å². The third-order valence-corrected chi connectivity index (χ3v) is 7.71. The van der Waals surface area contributed by atoms with Crippen molar-refractivity contribution in [2.75, 3.05) is 6.54 Å². The first-order valence-corrected chi connectivity index (χ1v) is 9.21. The second-order valence-corrected chi connectivity index (χ2v) is 8.45. The van der Waals surface area contributed by atoms with Crippen molar-refractivity contribution in [1.29, 1.82) is 0 Å². The Balaban J connectivity index is 1.97. The molecule has 0 spiro atoms. The van der Waals surface area contributed by atoms with Crippen LogP contribution in [-0.2, 0) is 19.2 Å². The van der Waals surface area contributed by atoms with Gasteiger partial charge in [0.15, 0.2) is 5.78 Å². The lowest BCUT2D eigenvalue weighted by Crippen LogP contribution is -2.67. The third-order valence-electron chi connectivity index (χ3n) is 7.71. The minimum Gasteiger partial charge on any atom is -0.339 e. The van der Waals surface area contributed by atoms with Crippen LogP contribution in [0.1, 0.15) is 52.4 Å². The Bertz CT molecular complexity index is 643. The molecule has 5 heteroatoms. The highest BCUT2D eigenvalue weighted by atomic mass is 16.2. The summed E-state index contributed by atoms with van der Waals surface area (Å²) in [4.78, 5) is 53.0. The van der Waals surface area contributed by atoms with E-state index in [1.54, 1.807) is 0 Å². The Morgan fingerprint density at radius 2 is 2.04 bits per heavy atom. The van der Waals surface area contributed by atoms with Gasteiger partial charge in [0.25, 0.3) is 0 Å². The summed E-state index contributed by atoms with van der Waals surface area (Å²) in [5.74, 6) is -0.175. The van der Waals surface area contributed by atoms with Crippen LogP contribution in [0.5, 0.6) is 0 Å². The highest BCUT2D eigenvalue weighted by Gasteiger charge is 2.75. The highest BCUT2D eigenvalue weighted by Crippen LogP contribution is 2.66. The standard InChI is InChI=1S/C19H25NO4/c1-11-10-20-14-9-12(11)16(23)19(7-4-8-21)15(22)6-3-5-13(17(20)24)18(14,19)2/h8,11-14H,3-7,9-10H2,1-2H3/t11-,12?,13-,14?,18-,19+/m1/s1. The van der Waals surface area contributed by atoms with E-state index < -0.39 is 10.8 Å². The fourth-order valence-corrected chi connectivity index (χ4v) is 6.54. The molecular weight excluding hydrogens is 306 g/mol. The molecule has 6 atom stereocenters. The van der Waals surface area contributed by atoms with E-state index in [1.807, 2.05) is 18.7 Å². The number of piperidine rings is 1. The molecule has 4 rings (SSSR count). The average Bonchev–Trinajstić information content (AvgIpc) is 2.69. The number of rotatable bonds is 3. The maximum Gasteiger partial charge on any atom is 0.226 e.